The first-order valence-electron chi connectivity index (χ1n) is 7.27. The zero-order valence-corrected chi connectivity index (χ0v) is 12.8. The fourth-order valence-electron chi connectivity index (χ4n) is 2.93. The molecular weight excluding hydrogens is 284 g/mol. The van der Waals surface area contributed by atoms with Gasteiger partial charge in [-0.15, -0.1) is 0 Å². The van der Waals surface area contributed by atoms with Gasteiger partial charge < -0.3 is 9.84 Å². The number of para-hydroxylation sites is 1. The molecule has 4 rings (SSSR count). The third-order valence-corrected chi connectivity index (χ3v) is 5.24. The molecule has 0 amide bonds. The highest BCUT2D eigenvalue weighted by Gasteiger charge is 2.30. The van der Waals surface area contributed by atoms with Crippen molar-refractivity contribution in [3.63, 3.8) is 0 Å². The number of hydrogen-bond acceptors (Lipinski definition) is 6. The third-order valence-electron chi connectivity index (χ3n) is 4.22. The molecular formula is C15H18N4OS. The van der Waals surface area contributed by atoms with E-state index in [0.29, 0.717) is 5.89 Å². The van der Waals surface area contributed by atoms with Crippen LogP contribution in [0.1, 0.15) is 29.4 Å². The van der Waals surface area contributed by atoms with E-state index in [4.69, 9.17) is 4.52 Å². The molecule has 1 saturated heterocycles. The molecule has 2 aliphatic rings. The largest absolute Gasteiger partial charge is 0.373 e. The lowest BCUT2D eigenvalue weighted by molar-refractivity contribution is 0.256. The molecule has 3 heterocycles. The van der Waals surface area contributed by atoms with E-state index >= 15 is 0 Å². The number of rotatable bonds is 2. The Morgan fingerprint density at radius 2 is 2.29 bits per heavy atom. The first-order valence-corrected chi connectivity index (χ1v) is 8.42. The maximum atomic E-state index is 5.52. The Morgan fingerprint density at radius 3 is 3.14 bits per heavy atom. The van der Waals surface area contributed by atoms with Gasteiger partial charge in [0, 0.05) is 30.2 Å². The maximum absolute atomic E-state index is 5.52. The Balaban J connectivity index is 1.53. The van der Waals surface area contributed by atoms with Crippen molar-refractivity contribution in [1.29, 1.82) is 0 Å². The lowest BCUT2D eigenvalue weighted by Gasteiger charge is -2.29. The summed E-state index contributed by atoms with van der Waals surface area (Å²) in [6, 6.07) is 8.72. The predicted molar refractivity (Wildman–Crippen MR) is 83.5 cm³/mol. The molecule has 1 N–H and O–H groups in total. The zero-order valence-electron chi connectivity index (χ0n) is 12.0. The summed E-state index contributed by atoms with van der Waals surface area (Å²) in [5.41, 5.74) is 2.49. The second-order valence-corrected chi connectivity index (χ2v) is 6.77. The average Bonchev–Trinajstić information content (AvgIpc) is 3.14. The van der Waals surface area contributed by atoms with E-state index in [1.807, 2.05) is 17.8 Å². The fraction of sp³-hybridized carbons (Fsp3) is 0.467. The molecule has 0 saturated carbocycles. The zero-order chi connectivity index (χ0) is 14.2. The van der Waals surface area contributed by atoms with Crippen molar-refractivity contribution in [3.8, 4) is 0 Å². The maximum Gasteiger partial charge on any atom is 0.249 e. The van der Waals surface area contributed by atoms with Crippen LogP contribution in [0.4, 0.5) is 5.69 Å². The summed E-state index contributed by atoms with van der Waals surface area (Å²) in [7, 11) is 2.13. The molecule has 0 spiro atoms. The minimum absolute atomic E-state index is 0.102. The van der Waals surface area contributed by atoms with Gasteiger partial charge in [-0.25, -0.2) is 0 Å². The minimum Gasteiger partial charge on any atom is -0.373 e. The van der Waals surface area contributed by atoms with E-state index in [0.717, 1.165) is 24.5 Å². The van der Waals surface area contributed by atoms with E-state index in [-0.39, 0.29) is 12.1 Å². The van der Waals surface area contributed by atoms with Crippen LogP contribution in [-0.4, -0.2) is 40.1 Å². The highest BCUT2D eigenvalue weighted by Crippen LogP contribution is 2.34. The molecule has 110 valence electrons. The van der Waals surface area contributed by atoms with Crippen molar-refractivity contribution in [2.24, 2.45) is 0 Å². The van der Waals surface area contributed by atoms with Gasteiger partial charge in [-0.2, -0.15) is 16.7 Å². The van der Waals surface area contributed by atoms with Crippen LogP contribution >= 0.6 is 11.8 Å². The number of thioether (sulfide) groups is 1. The first-order chi connectivity index (χ1) is 10.3. The first kappa shape index (κ1) is 13.2. The van der Waals surface area contributed by atoms with Gasteiger partial charge in [-0.1, -0.05) is 23.4 Å². The monoisotopic (exact) mass is 302 g/mol. The number of fused-ring (bicyclic) bond motifs is 1. The Hall–Kier alpha value is -1.53. The van der Waals surface area contributed by atoms with E-state index in [9.17, 15) is 0 Å². The van der Waals surface area contributed by atoms with Crippen molar-refractivity contribution in [1.82, 2.24) is 15.0 Å². The summed E-state index contributed by atoms with van der Waals surface area (Å²) < 4.78 is 5.52. The van der Waals surface area contributed by atoms with Crippen LogP contribution in [0.2, 0.25) is 0 Å². The van der Waals surface area contributed by atoms with Gasteiger partial charge in [0.15, 0.2) is 5.82 Å². The second-order valence-electron chi connectivity index (χ2n) is 5.62. The number of aromatic nitrogens is 2. The second kappa shape index (κ2) is 5.35. The van der Waals surface area contributed by atoms with Crippen LogP contribution in [0.5, 0.6) is 0 Å². The molecule has 1 fully saturated rings. The Bertz CT molecular complexity index is 619. The number of nitrogens with one attached hydrogen (secondary N) is 1. The summed E-state index contributed by atoms with van der Waals surface area (Å²) in [4.78, 5) is 6.96. The summed E-state index contributed by atoms with van der Waals surface area (Å²) in [6.07, 6.45) is 0.910. The number of nitrogens with zero attached hydrogens (tertiary/aromatic N) is 3. The molecule has 1 aromatic heterocycles. The van der Waals surface area contributed by atoms with Crippen LogP contribution in [0.25, 0.3) is 0 Å². The lowest BCUT2D eigenvalue weighted by Crippen LogP contribution is -2.33. The van der Waals surface area contributed by atoms with Crippen LogP contribution in [0, 0.1) is 0 Å². The number of benzene rings is 1. The highest BCUT2D eigenvalue weighted by atomic mass is 32.2. The van der Waals surface area contributed by atoms with Crippen LogP contribution in [-0.2, 0) is 6.42 Å². The topological polar surface area (TPSA) is 54.2 Å². The molecule has 21 heavy (non-hydrogen) atoms. The lowest BCUT2D eigenvalue weighted by atomic mass is 10.1. The SMILES string of the molecule is CN1CCSCC1c1noc([C@@H]2Cc3ccccc3N2)n1. The Kier molecular flexibility index (Phi) is 3.35. The number of anilines is 1. The van der Waals surface area contributed by atoms with E-state index < -0.39 is 0 Å². The third kappa shape index (κ3) is 2.42. The molecule has 2 atom stereocenters. The summed E-state index contributed by atoms with van der Waals surface area (Å²) in [6.45, 7) is 1.08. The molecule has 2 aliphatic heterocycles. The van der Waals surface area contributed by atoms with Gasteiger partial charge in [-0.05, 0) is 18.7 Å². The van der Waals surface area contributed by atoms with Gasteiger partial charge >= 0.3 is 0 Å². The van der Waals surface area contributed by atoms with Gasteiger partial charge in [-0.3, -0.25) is 4.90 Å². The molecule has 0 radical (unpaired) electrons. The van der Waals surface area contributed by atoms with Crippen LogP contribution < -0.4 is 5.32 Å². The molecule has 5 nitrogen and oxygen atoms in total. The Morgan fingerprint density at radius 1 is 1.38 bits per heavy atom. The molecule has 1 aromatic carbocycles. The van der Waals surface area contributed by atoms with E-state index in [2.05, 4.69) is 45.6 Å². The normalized spacial score (nSPS) is 25.6. The van der Waals surface area contributed by atoms with Gasteiger partial charge in [0.1, 0.15) is 6.04 Å². The van der Waals surface area contributed by atoms with Crippen molar-refractivity contribution < 1.29 is 4.52 Å². The molecule has 0 bridgehead atoms. The van der Waals surface area contributed by atoms with Crippen LogP contribution in [0.15, 0.2) is 28.8 Å². The predicted octanol–water partition coefficient (Wildman–Crippen LogP) is 2.50. The van der Waals surface area contributed by atoms with Gasteiger partial charge in [0.2, 0.25) is 5.89 Å². The van der Waals surface area contributed by atoms with E-state index in [1.165, 1.54) is 17.0 Å². The van der Waals surface area contributed by atoms with Gasteiger partial charge in [0.25, 0.3) is 0 Å². The average molecular weight is 302 g/mol. The Labute approximate surface area is 128 Å². The molecule has 6 heteroatoms. The summed E-state index contributed by atoms with van der Waals surface area (Å²) in [5.74, 6) is 3.73. The van der Waals surface area contributed by atoms with Crippen molar-refractivity contribution in [3.05, 3.63) is 41.5 Å². The molecule has 1 unspecified atom stereocenters. The smallest absolute Gasteiger partial charge is 0.249 e. The molecule has 2 aromatic rings. The van der Waals surface area contributed by atoms with Crippen molar-refractivity contribution in [2.45, 2.75) is 18.5 Å². The summed E-state index contributed by atoms with van der Waals surface area (Å²) >= 11 is 1.95. The summed E-state index contributed by atoms with van der Waals surface area (Å²) in [5, 5.41) is 7.68. The quantitative estimate of drug-likeness (QED) is 0.920. The van der Waals surface area contributed by atoms with Crippen LogP contribution in [0.3, 0.4) is 0 Å². The van der Waals surface area contributed by atoms with E-state index in [1.54, 1.807) is 0 Å². The number of hydrogen-bond donors (Lipinski definition) is 1. The highest BCUT2D eigenvalue weighted by molar-refractivity contribution is 7.99. The minimum atomic E-state index is 0.102. The van der Waals surface area contributed by atoms with Gasteiger partial charge in [0.05, 0.1) is 6.04 Å². The standard InChI is InChI=1S/C15H18N4OS/c1-19-6-7-21-9-13(19)14-17-15(20-18-14)12-8-10-4-2-3-5-11(10)16-12/h2-5,12-13,16H,6-9H2,1H3/t12-,13?/m0/s1. The van der Waals surface area contributed by atoms with Crippen molar-refractivity contribution >= 4 is 17.4 Å². The molecule has 0 aliphatic carbocycles. The van der Waals surface area contributed by atoms with Crippen molar-refractivity contribution in [2.75, 3.05) is 30.4 Å². The fourth-order valence-corrected chi connectivity index (χ4v) is 4.14.